The van der Waals surface area contributed by atoms with Crippen LogP contribution in [-0.4, -0.2) is 78.6 Å². The Bertz CT molecular complexity index is 447. The van der Waals surface area contributed by atoms with E-state index < -0.39 is 0 Å². The Balaban J connectivity index is 1.44. The van der Waals surface area contributed by atoms with Crippen molar-refractivity contribution in [2.24, 2.45) is 5.73 Å². The summed E-state index contributed by atoms with van der Waals surface area (Å²) >= 11 is 0. The van der Waals surface area contributed by atoms with Gasteiger partial charge in [-0.2, -0.15) is 0 Å². The smallest absolute Gasteiger partial charge is 0.251 e. The summed E-state index contributed by atoms with van der Waals surface area (Å²) in [5.74, 6) is 0.188. The van der Waals surface area contributed by atoms with Crippen molar-refractivity contribution in [2.45, 2.75) is 56.9 Å². The van der Waals surface area contributed by atoms with E-state index in [0.29, 0.717) is 25.7 Å². The SMILES string of the molecule is CC(C(=O)NC1CC1)N1CCN(C(=O)[C@@H]2CC[C@H](CN)O2)CC1. The van der Waals surface area contributed by atoms with Crippen molar-refractivity contribution in [3.05, 3.63) is 0 Å². The predicted octanol–water partition coefficient (Wildman–Crippen LogP) is -0.696. The van der Waals surface area contributed by atoms with Crippen molar-refractivity contribution in [1.82, 2.24) is 15.1 Å². The van der Waals surface area contributed by atoms with E-state index in [0.717, 1.165) is 38.8 Å². The van der Waals surface area contributed by atoms with Crippen LogP contribution in [0.5, 0.6) is 0 Å². The second kappa shape index (κ2) is 7.15. The zero-order chi connectivity index (χ0) is 16.4. The third-order valence-electron chi connectivity index (χ3n) is 5.12. The molecule has 3 atom stereocenters. The summed E-state index contributed by atoms with van der Waals surface area (Å²) in [5.41, 5.74) is 5.60. The average molecular weight is 324 g/mol. The quantitative estimate of drug-likeness (QED) is 0.698. The van der Waals surface area contributed by atoms with Gasteiger partial charge in [0.1, 0.15) is 6.10 Å². The first-order chi connectivity index (χ1) is 11.1. The van der Waals surface area contributed by atoms with E-state index in [4.69, 9.17) is 10.5 Å². The van der Waals surface area contributed by atoms with Crippen molar-refractivity contribution in [3.8, 4) is 0 Å². The molecule has 7 heteroatoms. The highest BCUT2D eigenvalue weighted by molar-refractivity contribution is 5.82. The molecule has 2 aliphatic heterocycles. The maximum Gasteiger partial charge on any atom is 0.251 e. The average Bonchev–Trinajstić information content (AvgIpc) is 3.26. The summed E-state index contributed by atoms with van der Waals surface area (Å²) in [7, 11) is 0. The van der Waals surface area contributed by atoms with Gasteiger partial charge in [0.05, 0.1) is 12.1 Å². The van der Waals surface area contributed by atoms with Gasteiger partial charge in [-0.1, -0.05) is 0 Å². The van der Waals surface area contributed by atoms with E-state index >= 15 is 0 Å². The Morgan fingerprint density at radius 3 is 2.43 bits per heavy atom. The molecular weight excluding hydrogens is 296 g/mol. The molecule has 1 saturated carbocycles. The number of hydrogen-bond donors (Lipinski definition) is 2. The van der Waals surface area contributed by atoms with E-state index in [1.165, 1.54) is 0 Å². The van der Waals surface area contributed by atoms with Crippen LogP contribution in [0.1, 0.15) is 32.6 Å². The molecule has 0 spiro atoms. The third kappa shape index (κ3) is 4.02. The molecule has 130 valence electrons. The molecule has 1 aliphatic carbocycles. The summed E-state index contributed by atoms with van der Waals surface area (Å²) in [6.45, 7) is 5.21. The number of ether oxygens (including phenoxy) is 1. The van der Waals surface area contributed by atoms with Crippen molar-refractivity contribution in [3.63, 3.8) is 0 Å². The van der Waals surface area contributed by atoms with Crippen molar-refractivity contribution in [2.75, 3.05) is 32.7 Å². The molecule has 0 radical (unpaired) electrons. The van der Waals surface area contributed by atoms with Crippen LogP contribution in [0.15, 0.2) is 0 Å². The van der Waals surface area contributed by atoms with Gasteiger partial charge in [-0.25, -0.2) is 0 Å². The lowest BCUT2D eigenvalue weighted by Gasteiger charge is -2.38. The topological polar surface area (TPSA) is 87.9 Å². The fraction of sp³-hybridized carbons (Fsp3) is 0.875. The Hall–Kier alpha value is -1.18. The number of nitrogens with two attached hydrogens (primary N) is 1. The van der Waals surface area contributed by atoms with Gasteiger partial charge in [0.15, 0.2) is 0 Å². The molecule has 3 fully saturated rings. The summed E-state index contributed by atoms with van der Waals surface area (Å²) in [6, 6.07) is 0.264. The van der Waals surface area contributed by atoms with Gasteiger partial charge in [0.25, 0.3) is 5.91 Å². The first-order valence-corrected chi connectivity index (χ1v) is 8.77. The highest BCUT2D eigenvalue weighted by Gasteiger charge is 2.35. The monoisotopic (exact) mass is 324 g/mol. The number of nitrogens with zero attached hydrogens (tertiary/aromatic N) is 2. The predicted molar refractivity (Wildman–Crippen MR) is 85.7 cm³/mol. The van der Waals surface area contributed by atoms with Gasteiger partial charge >= 0.3 is 0 Å². The summed E-state index contributed by atoms with van der Waals surface area (Å²) in [5, 5.41) is 3.05. The molecule has 0 bridgehead atoms. The number of rotatable bonds is 5. The van der Waals surface area contributed by atoms with E-state index in [9.17, 15) is 9.59 Å². The molecule has 1 unspecified atom stereocenters. The zero-order valence-electron chi connectivity index (χ0n) is 13.9. The number of nitrogens with one attached hydrogen (secondary N) is 1. The highest BCUT2D eigenvalue weighted by Crippen LogP contribution is 2.22. The molecule has 0 aromatic rings. The maximum atomic E-state index is 12.5. The first kappa shape index (κ1) is 16.7. The minimum Gasteiger partial charge on any atom is -0.364 e. The molecule has 3 rings (SSSR count). The van der Waals surface area contributed by atoms with Gasteiger partial charge in [0.2, 0.25) is 5.91 Å². The van der Waals surface area contributed by atoms with Crippen LogP contribution in [0.25, 0.3) is 0 Å². The largest absolute Gasteiger partial charge is 0.364 e. The van der Waals surface area contributed by atoms with Gasteiger partial charge in [-0.15, -0.1) is 0 Å². The number of hydrogen-bond acceptors (Lipinski definition) is 5. The molecule has 2 heterocycles. The molecule has 3 aliphatic rings. The second-order valence-corrected chi connectivity index (χ2v) is 6.88. The third-order valence-corrected chi connectivity index (χ3v) is 5.12. The number of carbonyl (C=O) groups is 2. The van der Waals surface area contributed by atoms with Gasteiger partial charge in [-0.3, -0.25) is 14.5 Å². The Labute approximate surface area is 137 Å². The highest BCUT2D eigenvalue weighted by atomic mass is 16.5. The van der Waals surface area contributed by atoms with E-state index in [1.807, 2.05) is 11.8 Å². The van der Waals surface area contributed by atoms with E-state index in [-0.39, 0.29) is 30.1 Å². The van der Waals surface area contributed by atoms with Crippen LogP contribution in [0.2, 0.25) is 0 Å². The van der Waals surface area contributed by atoms with Gasteiger partial charge < -0.3 is 20.7 Å². The minimum atomic E-state index is -0.328. The number of amides is 2. The van der Waals surface area contributed by atoms with E-state index in [1.54, 1.807) is 0 Å². The lowest BCUT2D eigenvalue weighted by atomic mass is 10.1. The van der Waals surface area contributed by atoms with Crippen LogP contribution in [0.3, 0.4) is 0 Å². The molecule has 7 nitrogen and oxygen atoms in total. The van der Waals surface area contributed by atoms with Gasteiger partial charge in [-0.05, 0) is 32.6 Å². The Kier molecular flexibility index (Phi) is 5.18. The fourth-order valence-corrected chi connectivity index (χ4v) is 3.31. The fourth-order valence-electron chi connectivity index (χ4n) is 3.31. The molecule has 23 heavy (non-hydrogen) atoms. The van der Waals surface area contributed by atoms with Crippen molar-refractivity contribution in [1.29, 1.82) is 0 Å². The van der Waals surface area contributed by atoms with Crippen LogP contribution < -0.4 is 11.1 Å². The zero-order valence-corrected chi connectivity index (χ0v) is 13.9. The Morgan fingerprint density at radius 1 is 1.17 bits per heavy atom. The van der Waals surface area contributed by atoms with Crippen LogP contribution >= 0.6 is 0 Å². The van der Waals surface area contributed by atoms with Crippen molar-refractivity contribution < 1.29 is 14.3 Å². The maximum absolute atomic E-state index is 12.5. The summed E-state index contributed by atoms with van der Waals surface area (Å²) < 4.78 is 5.69. The summed E-state index contributed by atoms with van der Waals surface area (Å²) in [4.78, 5) is 28.6. The van der Waals surface area contributed by atoms with Gasteiger partial charge in [0, 0.05) is 38.8 Å². The minimum absolute atomic E-state index is 0.0244. The standard InChI is InChI=1S/C16H28N4O3/c1-11(15(21)18-12-2-3-12)19-6-8-20(9-7-19)16(22)14-5-4-13(10-17)23-14/h11-14H,2-10,17H2,1H3,(H,18,21)/t11?,13-,14+/m1/s1. The number of piperazine rings is 1. The van der Waals surface area contributed by atoms with Crippen LogP contribution in [0, 0.1) is 0 Å². The molecule has 3 N–H and O–H groups in total. The molecule has 2 amide bonds. The molecule has 0 aromatic carbocycles. The lowest BCUT2D eigenvalue weighted by Crippen LogP contribution is -2.56. The molecular formula is C16H28N4O3. The van der Waals surface area contributed by atoms with Crippen molar-refractivity contribution >= 4 is 11.8 Å². The molecule has 2 saturated heterocycles. The normalized spacial score (nSPS) is 30.3. The van der Waals surface area contributed by atoms with E-state index in [2.05, 4.69) is 10.2 Å². The number of carbonyl (C=O) groups excluding carboxylic acids is 2. The molecule has 0 aromatic heterocycles. The summed E-state index contributed by atoms with van der Waals surface area (Å²) in [6.07, 6.45) is 3.53. The second-order valence-electron chi connectivity index (χ2n) is 6.88. The first-order valence-electron chi connectivity index (χ1n) is 8.77. The Morgan fingerprint density at radius 2 is 1.87 bits per heavy atom. The van der Waals surface area contributed by atoms with Crippen LogP contribution in [0.4, 0.5) is 0 Å². The van der Waals surface area contributed by atoms with Crippen LogP contribution in [-0.2, 0) is 14.3 Å². The lowest BCUT2D eigenvalue weighted by molar-refractivity contribution is -0.145.